The summed E-state index contributed by atoms with van der Waals surface area (Å²) in [7, 11) is 0. The van der Waals surface area contributed by atoms with E-state index in [1.165, 1.54) is 29.5 Å². The monoisotopic (exact) mass is 215 g/mol. The van der Waals surface area contributed by atoms with Gasteiger partial charge in [0.1, 0.15) is 0 Å². The standard InChI is InChI=1S/C15H19N.H2/c1-2-16-12-13-7-6-10-15(11-13)14-8-4-3-5-9-14;/h4,6-11,16H,2-3,5,12H2,1H3;1H. The molecule has 1 N–H and O–H groups in total. The molecule has 0 aromatic heterocycles. The first-order valence-electron chi connectivity index (χ1n) is 6.07. The Morgan fingerprint density at radius 3 is 3.00 bits per heavy atom. The number of rotatable bonds is 4. The Hall–Kier alpha value is -1.34. The quantitative estimate of drug-likeness (QED) is 0.806. The Balaban J connectivity index is 0.00000144. The summed E-state index contributed by atoms with van der Waals surface area (Å²) in [6.07, 6.45) is 9.17. The van der Waals surface area contributed by atoms with Gasteiger partial charge in [-0.3, -0.25) is 0 Å². The Morgan fingerprint density at radius 2 is 2.25 bits per heavy atom. The number of benzene rings is 1. The van der Waals surface area contributed by atoms with Crippen LogP contribution in [0, 0.1) is 0 Å². The Kier molecular flexibility index (Phi) is 3.95. The molecule has 0 spiro atoms. The van der Waals surface area contributed by atoms with E-state index in [0.717, 1.165) is 13.1 Å². The molecule has 0 unspecified atom stereocenters. The van der Waals surface area contributed by atoms with Gasteiger partial charge in [-0.2, -0.15) is 0 Å². The minimum Gasteiger partial charge on any atom is -0.313 e. The van der Waals surface area contributed by atoms with Crippen LogP contribution in [0.2, 0.25) is 0 Å². The topological polar surface area (TPSA) is 12.0 Å². The van der Waals surface area contributed by atoms with Crippen molar-refractivity contribution < 1.29 is 1.43 Å². The van der Waals surface area contributed by atoms with E-state index in [9.17, 15) is 0 Å². The van der Waals surface area contributed by atoms with Gasteiger partial charge in [0.05, 0.1) is 0 Å². The Morgan fingerprint density at radius 1 is 1.31 bits per heavy atom. The van der Waals surface area contributed by atoms with Gasteiger partial charge in [0.25, 0.3) is 0 Å². The van der Waals surface area contributed by atoms with Crippen LogP contribution in [-0.2, 0) is 6.54 Å². The summed E-state index contributed by atoms with van der Waals surface area (Å²) in [6.45, 7) is 4.12. The van der Waals surface area contributed by atoms with Crippen LogP contribution in [0.15, 0.2) is 42.5 Å². The van der Waals surface area contributed by atoms with Gasteiger partial charge in [-0.15, -0.1) is 0 Å². The molecule has 1 nitrogen and oxygen atoms in total. The van der Waals surface area contributed by atoms with E-state index in [4.69, 9.17) is 0 Å². The Labute approximate surface area is 99.4 Å². The van der Waals surface area contributed by atoms with Crippen molar-refractivity contribution in [2.75, 3.05) is 6.54 Å². The molecular weight excluding hydrogens is 194 g/mol. The molecule has 0 aliphatic heterocycles. The highest BCUT2D eigenvalue weighted by Crippen LogP contribution is 2.21. The van der Waals surface area contributed by atoms with Gasteiger partial charge >= 0.3 is 0 Å². The van der Waals surface area contributed by atoms with Crippen molar-refractivity contribution in [1.82, 2.24) is 5.32 Å². The summed E-state index contributed by atoms with van der Waals surface area (Å²) in [4.78, 5) is 0. The molecule has 1 aromatic carbocycles. The second-order valence-electron chi connectivity index (χ2n) is 4.12. The second kappa shape index (κ2) is 5.66. The number of nitrogens with one attached hydrogen (secondary N) is 1. The number of hydrogen-bond acceptors (Lipinski definition) is 1. The summed E-state index contributed by atoms with van der Waals surface area (Å²) in [5.74, 6) is 0. The predicted octanol–water partition coefficient (Wildman–Crippen LogP) is 3.78. The smallest absolute Gasteiger partial charge is 0.0205 e. The molecule has 16 heavy (non-hydrogen) atoms. The maximum absolute atomic E-state index is 3.36. The molecule has 0 bridgehead atoms. The molecule has 0 heterocycles. The highest BCUT2D eigenvalue weighted by Gasteiger charge is 2.01. The minimum absolute atomic E-state index is 0. The molecule has 1 heteroatoms. The molecule has 1 aromatic rings. The highest BCUT2D eigenvalue weighted by molar-refractivity contribution is 5.75. The number of hydrogen-bond donors (Lipinski definition) is 1. The van der Waals surface area contributed by atoms with Crippen molar-refractivity contribution >= 4 is 5.57 Å². The van der Waals surface area contributed by atoms with Crippen molar-refractivity contribution in [3.8, 4) is 0 Å². The third-order valence-electron chi connectivity index (χ3n) is 2.83. The van der Waals surface area contributed by atoms with Gasteiger partial charge in [0.2, 0.25) is 0 Å². The van der Waals surface area contributed by atoms with E-state index in [2.05, 4.69) is 54.7 Å². The van der Waals surface area contributed by atoms with E-state index in [0.29, 0.717) is 0 Å². The van der Waals surface area contributed by atoms with E-state index in [-0.39, 0.29) is 1.43 Å². The van der Waals surface area contributed by atoms with E-state index < -0.39 is 0 Å². The van der Waals surface area contributed by atoms with Gasteiger partial charge in [0.15, 0.2) is 0 Å². The third kappa shape index (κ3) is 2.83. The lowest BCUT2D eigenvalue weighted by molar-refractivity contribution is 0.727. The molecule has 0 saturated heterocycles. The van der Waals surface area contributed by atoms with E-state index in [1.807, 2.05) is 0 Å². The van der Waals surface area contributed by atoms with Crippen LogP contribution in [0.3, 0.4) is 0 Å². The second-order valence-corrected chi connectivity index (χ2v) is 4.12. The lowest BCUT2D eigenvalue weighted by Crippen LogP contribution is -2.11. The van der Waals surface area contributed by atoms with E-state index in [1.54, 1.807) is 0 Å². The number of allylic oxidation sites excluding steroid dienone is 4. The molecule has 0 fully saturated rings. The van der Waals surface area contributed by atoms with Crippen LogP contribution < -0.4 is 5.32 Å². The lowest BCUT2D eigenvalue weighted by Gasteiger charge is -2.09. The van der Waals surface area contributed by atoms with Crippen molar-refractivity contribution in [3.05, 3.63) is 53.6 Å². The largest absolute Gasteiger partial charge is 0.313 e. The average molecular weight is 215 g/mol. The minimum atomic E-state index is 0. The molecule has 86 valence electrons. The predicted molar refractivity (Wildman–Crippen MR) is 72.3 cm³/mol. The first kappa shape index (κ1) is 11.2. The van der Waals surface area contributed by atoms with Crippen molar-refractivity contribution in [3.63, 3.8) is 0 Å². The molecule has 1 aliphatic rings. The van der Waals surface area contributed by atoms with Gasteiger partial charge in [0, 0.05) is 7.97 Å². The zero-order chi connectivity index (χ0) is 11.2. The third-order valence-corrected chi connectivity index (χ3v) is 2.83. The summed E-state index contributed by atoms with van der Waals surface area (Å²) < 4.78 is 0. The van der Waals surface area contributed by atoms with Crippen LogP contribution in [-0.4, -0.2) is 6.54 Å². The average Bonchev–Trinajstić information content (AvgIpc) is 2.38. The van der Waals surface area contributed by atoms with Crippen LogP contribution in [0.1, 0.15) is 32.3 Å². The zero-order valence-electron chi connectivity index (χ0n) is 9.87. The fourth-order valence-corrected chi connectivity index (χ4v) is 1.96. The summed E-state index contributed by atoms with van der Waals surface area (Å²) in [5, 5.41) is 3.36. The maximum atomic E-state index is 3.36. The van der Waals surface area contributed by atoms with Crippen LogP contribution in [0.5, 0.6) is 0 Å². The SMILES string of the molecule is CCNCc1cccc(C2=CCCC=C2)c1.[HH]. The van der Waals surface area contributed by atoms with Crippen molar-refractivity contribution in [2.24, 2.45) is 0 Å². The van der Waals surface area contributed by atoms with Gasteiger partial charge in [-0.25, -0.2) is 0 Å². The molecule has 0 atom stereocenters. The summed E-state index contributed by atoms with van der Waals surface area (Å²) in [6, 6.07) is 8.80. The van der Waals surface area contributed by atoms with Gasteiger partial charge in [-0.05, 0) is 42.2 Å². The molecule has 0 saturated carbocycles. The van der Waals surface area contributed by atoms with Crippen molar-refractivity contribution in [2.45, 2.75) is 26.3 Å². The highest BCUT2D eigenvalue weighted by atomic mass is 14.8. The van der Waals surface area contributed by atoms with Gasteiger partial charge < -0.3 is 5.32 Å². The van der Waals surface area contributed by atoms with E-state index >= 15 is 0 Å². The fraction of sp³-hybridized carbons (Fsp3) is 0.333. The summed E-state index contributed by atoms with van der Waals surface area (Å²) >= 11 is 0. The first-order valence-corrected chi connectivity index (χ1v) is 6.07. The molecular formula is C15H21N. The lowest BCUT2D eigenvalue weighted by atomic mass is 9.98. The normalized spacial score (nSPS) is 14.9. The molecule has 0 radical (unpaired) electrons. The summed E-state index contributed by atoms with van der Waals surface area (Å²) in [5.41, 5.74) is 4.06. The van der Waals surface area contributed by atoms with Crippen LogP contribution >= 0.6 is 0 Å². The molecule has 2 rings (SSSR count). The van der Waals surface area contributed by atoms with Crippen LogP contribution in [0.25, 0.3) is 5.57 Å². The van der Waals surface area contributed by atoms with Gasteiger partial charge in [-0.1, -0.05) is 43.4 Å². The maximum Gasteiger partial charge on any atom is 0.0205 e. The van der Waals surface area contributed by atoms with Crippen LogP contribution in [0.4, 0.5) is 0 Å². The fourth-order valence-electron chi connectivity index (χ4n) is 1.96. The molecule has 0 amide bonds. The zero-order valence-corrected chi connectivity index (χ0v) is 9.87. The molecule has 1 aliphatic carbocycles. The first-order chi connectivity index (χ1) is 7.90. The van der Waals surface area contributed by atoms with Crippen molar-refractivity contribution in [1.29, 1.82) is 0 Å². The Bertz CT molecular complexity index is 407.